The molecule has 1 rings (SSSR count). The van der Waals surface area contributed by atoms with Gasteiger partial charge in [0.05, 0.1) is 8.80 Å². The smallest absolute Gasteiger partial charge is 0.110 e. The molecule has 16 heavy (non-hydrogen) atoms. The van der Waals surface area contributed by atoms with Gasteiger partial charge in [-0.25, -0.2) is 0 Å². The molecule has 0 aliphatic carbocycles. The molecule has 0 atom stereocenters. The van der Waals surface area contributed by atoms with E-state index in [1.54, 1.807) is 4.82 Å². The molecule has 0 unspecified atom stereocenters. The molecule has 0 aliphatic heterocycles. The average Bonchev–Trinajstić information content (AvgIpc) is 2.29. The summed E-state index contributed by atoms with van der Waals surface area (Å²) >= 11 is 5.71. The van der Waals surface area contributed by atoms with Crippen molar-refractivity contribution in [3.63, 3.8) is 0 Å². The minimum absolute atomic E-state index is 0.321. The second-order valence-electron chi connectivity index (χ2n) is 3.94. The predicted molar refractivity (Wildman–Crippen MR) is 77.3 cm³/mol. The van der Waals surface area contributed by atoms with Gasteiger partial charge in [0.25, 0.3) is 0 Å². The minimum Gasteiger partial charge on any atom is -0.127 e. The molecule has 0 N–H and O–H groups in total. The zero-order chi connectivity index (χ0) is 11.8. The van der Waals surface area contributed by atoms with Gasteiger partial charge in [-0.2, -0.15) is 0 Å². The standard InChI is InChI=1S/C13H18ClSi2/c1-16(2)13(10-6-7-11-14)15-12-8-4-3-5-9-12/h3-5,8-10H,6-7,11H2,1-2H3/b13-10-. The van der Waals surface area contributed by atoms with Crippen LogP contribution in [0.4, 0.5) is 0 Å². The maximum Gasteiger partial charge on any atom is 0.110 e. The molecule has 0 aliphatic rings. The zero-order valence-electron chi connectivity index (χ0n) is 9.96. The maximum atomic E-state index is 5.71. The van der Waals surface area contributed by atoms with Crippen LogP contribution in [0.1, 0.15) is 12.8 Å². The van der Waals surface area contributed by atoms with E-state index in [0.717, 1.165) is 28.2 Å². The first-order valence-electron chi connectivity index (χ1n) is 5.62. The first-order chi connectivity index (χ1) is 7.74. The molecule has 0 fully saturated rings. The molecular weight excluding hydrogens is 248 g/mol. The largest absolute Gasteiger partial charge is 0.127 e. The van der Waals surface area contributed by atoms with Crippen LogP contribution in [-0.2, 0) is 0 Å². The summed E-state index contributed by atoms with van der Waals surface area (Å²) in [5.74, 6) is 0.772. The SMILES string of the molecule is C[Si](C)/C(=C\CCCCl)[Si]c1ccccc1. The van der Waals surface area contributed by atoms with Crippen LogP contribution in [0.2, 0.25) is 13.1 Å². The van der Waals surface area contributed by atoms with Crippen molar-refractivity contribution in [2.24, 2.45) is 0 Å². The van der Waals surface area contributed by atoms with Crippen molar-refractivity contribution in [3.8, 4) is 0 Å². The van der Waals surface area contributed by atoms with E-state index in [4.69, 9.17) is 11.6 Å². The third-order valence-corrected chi connectivity index (χ3v) is 6.80. The molecule has 3 radical (unpaired) electrons. The molecule has 0 bridgehead atoms. The van der Waals surface area contributed by atoms with Gasteiger partial charge in [0.2, 0.25) is 0 Å². The van der Waals surface area contributed by atoms with Gasteiger partial charge in [0.15, 0.2) is 0 Å². The van der Waals surface area contributed by atoms with E-state index in [2.05, 4.69) is 49.5 Å². The number of hydrogen-bond acceptors (Lipinski definition) is 0. The fraction of sp³-hybridized carbons (Fsp3) is 0.385. The Morgan fingerprint density at radius 3 is 2.56 bits per heavy atom. The molecule has 0 heterocycles. The Labute approximate surface area is 108 Å². The number of alkyl halides is 1. The first kappa shape index (κ1) is 13.7. The summed E-state index contributed by atoms with van der Waals surface area (Å²) in [6.07, 6.45) is 4.65. The molecule has 3 heteroatoms. The lowest BCUT2D eigenvalue weighted by Gasteiger charge is -2.09. The highest BCUT2D eigenvalue weighted by Gasteiger charge is 2.06. The summed E-state index contributed by atoms with van der Waals surface area (Å²) in [7, 11) is 0.530. The third kappa shape index (κ3) is 5.15. The van der Waals surface area contributed by atoms with Crippen LogP contribution in [0.3, 0.4) is 0 Å². The molecule has 0 saturated heterocycles. The summed E-state index contributed by atoms with van der Waals surface area (Å²) < 4.78 is 0. The summed E-state index contributed by atoms with van der Waals surface area (Å²) in [5.41, 5.74) is 0. The van der Waals surface area contributed by atoms with Crippen molar-refractivity contribution in [3.05, 3.63) is 41.2 Å². The van der Waals surface area contributed by atoms with Gasteiger partial charge in [-0.15, -0.1) is 11.6 Å². The second kappa shape index (κ2) is 7.88. The number of halogens is 1. The molecular formula is C13H18ClSi2. The van der Waals surface area contributed by atoms with Crippen molar-refractivity contribution >= 4 is 35.1 Å². The molecule has 0 aromatic heterocycles. The van der Waals surface area contributed by atoms with Crippen LogP contribution in [-0.4, -0.2) is 24.2 Å². The van der Waals surface area contributed by atoms with E-state index in [9.17, 15) is 0 Å². The predicted octanol–water partition coefficient (Wildman–Crippen LogP) is 3.21. The Bertz CT molecular complexity index is 320. The molecule has 1 aromatic carbocycles. The number of hydrogen-bond donors (Lipinski definition) is 0. The van der Waals surface area contributed by atoms with Crippen molar-refractivity contribution in [1.29, 1.82) is 0 Å². The van der Waals surface area contributed by atoms with Gasteiger partial charge in [-0.05, 0) is 12.8 Å². The van der Waals surface area contributed by atoms with Crippen molar-refractivity contribution < 1.29 is 0 Å². The Morgan fingerprint density at radius 1 is 1.31 bits per heavy atom. The summed E-state index contributed by atoms with van der Waals surface area (Å²) in [6, 6.07) is 10.8. The minimum atomic E-state index is -0.321. The average molecular weight is 266 g/mol. The summed E-state index contributed by atoms with van der Waals surface area (Å²) in [4.78, 5) is 1.65. The normalized spacial score (nSPS) is 12.1. The van der Waals surface area contributed by atoms with E-state index < -0.39 is 0 Å². The van der Waals surface area contributed by atoms with Gasteiger partial charge < -0.3 is 0 Å². The Hall–Kier alpha value is -0.316. The second-order valence-corrected chi connectivity index (χ2v) is 8.72. The van der Waals surface area contributed by atoms with Crippen molar-refractivity contribution in [1.82, 2.24) is 0 Å². The molecule has 0 spiro atoms. The number of allylic oxidation sites excluding steroid dienone is 1. The summed E-state index contributed by atoms with van der Waals surface area (Å²) in [5, 5.41) is 1.45. The Kier molecular flexibility index (Phi) is 6.77. The zero-order valence-corrected chi connectivity index (χ0v) is 12.7. The topological polar surface area (TPSA) is 0 Å². The van der Waals surface area contributed by atoms with Crippen LogP contribution in [0.5, 0.6) is 0 Å². The van der Waals surface area contributed by atoms with Crippen LogP contribution < -0.4 is 5.19 Å². The maximum absolute atomic E-state index is 5.71. The molecule has 0 saturated carbocycles. The van der Waals surface area contributed by atoms with E-state index in [1.165, 1.54) is 5.19 Å². The third-order valence-electron chi connectivity index (χ3n) is 2.28. The number of rotatable bonds is 6. The Morgan fingerprint density at radius 2 is 2.00 bits per heavy atom. The molecule has 0 nitrogen and oxygen atoms in total. The highest BCUT2D eigenvalue weighted by Crippen LogP contribution is 2.04. The molecule has 1 aromatic rings. The van der Waals surface area contributed by atoms with Gasteiger partial charge in [-0.3, -0.25) is 0 Å². The number of benzene rings is 1. The lowest BCUT2D eigenvalue weighted by Crippen LogP contribution is -2.23. The van der Waals surface area contributed by atoms with Crippen LogP contribution in [0.25, 0.3) is 0 Å². The van der Waals surface area contributed by atoms with E-state index in [-0.39, 0.29) is 8.80 Å². The highest BCUT2D eigenvalue weighted by molar-refractivity contribution is 6.84. The fourth-order valence-corrected chi connectivity index (χ4v) is 4.44. The quantitative estimate of drug-likeness (QED) is 0.421. The van der Waals surface area contributed by atoms with Crippen molar-refractivity contribution in [2.45, 2.75) is 25.9 Å². The molecule has 85 valence electrons. The lowest BCUT2D eigenvalue weighted by atomic mass is 10.3. The van der Waals surface area contributed by atoms with Gasteiger partial charge in [0, 0.05) is 5.88 Å². The number of unbranched alkanes of at least 4 members (excludes halogenated alkanes) is 1. The van der Waals surface area contributed by atoms with Gasteiger partial charge in [0.1, 0.15) is 9.52 Å². The highest BCUT2D eigenvalue weighted by atomic mass is 35.5. The Balaban J connectivity index is 2.61. The van der Waals surface area contributed by atoms with E-state index in [0.29, 0.717) is 0 Å². The summed E-state index contributed by atoms with van der Waals surface area (Å²) in [6.45, 7) is 4.74. The van der Waals surface area contributed by atoms with E-state index in [1.807, 2.05) is 0 Å². The van der Waals surface area contributed by atoms with Gasteiger partial charge in [-0.1, -0.05) is 59.5 Å². The lowest BCUT2D eigenvalue weighted by molar-refractivity contribution is 0.966. The monoisotopic (exact) mass is 265 g/mol. The van der Waals surface area contributed by atoms with Crippen LogP contribution in [0, 0.1) is 0 Å². The first-order valence-corrected chi connectivity index (χ1v) is 9.66. The van der Waals surface area contributed by atoms with Crippen LogP contribution in [0.15, 0.2) is 41.2 Å². The van der Waals surface area contributed by atoms with Crippen molar-refractivity contribution in [2.75, 3.05) is 5.88 Å². The fourth-order valence-electron chi connectivity index (χ4n) is 1.38. The van der Waals surface area contributed by atoms with Gasteiger partial charge >= 0.3 is 0 Å². The van der Waals surface area contributed by atoms with Crippen LogP contribution >= 0.6 is 11.6 Å². The molecule has 0 amide bonds. The van der Waals surface area contributed by atoms with E-state index >= 15 is 0 Å².